The summed E-state index contributed by atoms with van der Waals surface area (Å²) in [7, 11) is 0. The SMILES string of the molecule is c1cc(CN2CCC[C@H](N3CCN(Cc4ccc5c(c4)OCO5)CC3)C2)no1. The summed E-state index contributed by atoms with van der Waals surface area (Å²) in [6.07, 6.45) is 4.23. The number of ether oxygens (including phenoxy) is 2. The highest BCUT2D eigenvalue weighted by atomic mass is 16.7. The molecule has 3 aliphatic heterocycles. The van der Waals surface area contributed by atoms with Crippen LogP contribution >= 0.6 is 0 Å². The molecule has 0 saturated carbocycles. The van der Waals surface area contributed by atoms with E-state index < -0.39 is 0 Å². The van der Waals surface area contributed by atoms with Gasteiger partial charge in [0.25, 0.3) is 0 Å². The van der Waals surface area contributed by atoms with Crippen molar-refractivity contribution in [2.45, 2.75) is 32.0 Å². The molecular formula is C21H28N4O3. The number of likely N-dealkylation sites (tertiary alicyclic amines) is 1. The smallest absolute Gasteiger partial charge is 0.231 e. The number of hydrogen-bond acceptors (Lipinski definition) is 7. The summed E-state index contributed by atoms with van der Waals surface area (Å²) in [4.78, 5) is 7.75. The van der Waals surface area contributed by atoms with Crippen molar-refractivity contribution in [2.75, 3.05) is 46.1 Å². The number of nitrogens with zero attached hydrogens (tertiary/aromatic N) is 4. The fourth-order valence-corrected chi connectivity index (χ4v) is 4.61. The largest absolute Gasteiger partial charge is 0.454 e. The molecule has 1 atom stereocenters. The molecule has 0 aliphatic carbocycles. The van der Waals surface area contributed by atoms with Crippen molar-refractivity contribution in [3.8, 4) is 11.5 Å². The van der Waals surface area contributed by atoms with Gasteiger partial charge in [-0.1, -0.05) is 11.2 Å². The zero-order valence-electron chi connectivity index (χ0n) is 16.3. The average molecular weight is 384 g/mol. The van der Waals surface area contributed by atoms with Gasteiger partial charge in [-0.25, -0.2) is 0 Å². The van der Waals surface area contributed by atoms with Gasteiger partial charge >= 0.3 is 0 Å². The van der Waals surface area contributed by atoms with Crippen molar-refractivity contribution in [1.82, 2.24) is 19.9 Å². The van der Waals surface area contributed by atoms with Gasteiger partial charge in [0.1, 0.15) is 6.26 Å². The molecule has 7 nitrogen and oxygen atoms in total. The van der Waals surface area contributed by atoms with E-state index in [4.69, 9.17) is 14.0 Å². The molecule has 28 heavy (non-hydrogen) atoms. The summed E-state index contributed by atoms with van der Waals surface area (Å²) in [5, 5.41) is 4.07. The molecule has 0 amide bonds. The lowest BCUT2D eigenvalue weighted by molar-refractivity contribution is 0.0471. The topological polar surface area (TPSA) is 54.2 Å². The highest BCUT2D eigenvalue weighted by Gasteiger charge is 2.28. The van der Waals surface area contributed by atoms with Gasteiger partial charge in [0.05, 0.1) is 5.69 Å². The van der Waals surface area contributed by atoms with Crippen LogP contribution in [0.5, 0.6) is 11.5 Å². The first kappa shape index (κ1) is 18.0. The summed E-state index contributed by atoms with van der Waals surface area (Å²) < 4.78 is 15.9. The number of benzene rings is 1. The van der Waals surface area contributed by atoms with Crippen molar-refractivity contribution in [2.24, 2.45) is 0 Å². The average Bonchev–Trinajstić information content (AvgIpc) is 3.40. The van der Waals surface area contributed by atoms with E-state index in [0.717, 1.165) is 69.6 Å². The van der Waals surface area contributed by atoms with Crippen molar-refractivity contribution in [3.05, 3.63) is 41.8 Å². The molecule has 150 valence electrons. The lowest BCUT2D eigenvalue weighted by Crippen LogP contribution is -2.54. The zero-order valence-corrected chi connectivity index (χ0v) is 16.3. The quantitative estimate of drug-likeness (QED) is 0.783. The van der Waals surface area contributed by atoms with Crippen molar-refractivity contribution in [3.63, 3.8) is 0 Å². The lowest BCUT2D eigenvalue weighted by Gasteiger charge is -2.43. The molecule has 0 unspecified atom stereocenters. The maximum absolute atomic E-state index is 5.51. The molecule has 1 aromatic heterocycles. The van der Waals surface area contributed by atoms with Crippen LogP contribution in [0.25, 0.3) is 0 Å². The molecule has 2 saturated heterocycles. The van der Waals surface area contributed by atoms with Gasteiger partial charge in [0.15, 0.2) is 11.5 Å². The number of aromatic nitrogens is 1. The molecular weight excluding hydrogens is 356 g/mol. The minimum Gasteiger partial charge on any atom is -0.454 e. The first-order valence-corrected chi connectivity index (χ1v) is 10.3. The Balaban J connectivity index is 1.11. The zero-order chi connectivity index (χ0) is 18.8. The molecule has 1 aromatic carbocycles. The minimum atomic E-state index is 0.340. The van der Waals surface area contributed by atoms with E-state index in [1.165, 1.54) is 18.4 Å². The Hall–Kier alpha value is -2.09. The fourth-order valence-electron chi connectivity index (χ4n) is 4.61. The maximum Gasteiger partial charge on any atom is 0.231 e. The molecule has 4 heterocycles. The normalized spacial score (nSPS) is 23.9. The lowest BCUT2D eigenvalue weighted by atomic mass is 10.0. The molecule has 3 aliphatic rings. The Morgan fingerprint density at radius 2 is 1.82 bits per heavy atom. The van der Waals surface area contributed by atoms with Crippen LogP contribution in [0.2, 0.25) is 0 Å². The van der Waals surface area contributed by atoms with Gasteiger partial charge in [-0.05, 0) is 37.1 Å². The molecule has 0 radical (unpaired) electrons. The second kappa shape index (κ2) is 8.11. The van der Waals surface area contributed by atoms with Crippen molar-refractivity contribution >= 4 is 0 Å². The van der Waals surface area contributed by atoms with Crippen LogP contribution in [0.15, 0.2) is 35.1 Å². The number of piperazine rings is 1. The number of rotatable bonds is 5. The fraction of sp³-hybridized carbons (Fsp3) is 0.571. The van der Waals surface area contributed by atoms with Crippen LogP contribution in [-0.4, -0.2) is 72.0 Å². The molecule has 0 N–H and O–H groups in total. The first-order chi connectivity index (χ1) is 13.8. The predicted octanol–water partition coefficient (Wildman–Crippen LogP) is 2.19. The summed E-state index contributed by atoms with van der Waals surface area (Å²) in [5.74, 6) is 1.74. The van der Waals surface area contributed by atoms with E-state index in [9.17, 15) is 0 Å². The van der Waals surface area contributed by atoms with E-state index in [1.54, 1.807) is 6.26 Å². The third-order valence-corrected chi connectivity index (χ3v) is 6.12. The first-order valence-electron chi connectivity index (χ1n) is 10.3. The molecule has 7 heteroatoms. The van der Waals surface area contributed by atoms with E-state index in [-0.39, 0.29) is 0 Å². The van der Waals surface area contributed by atoms with E-state index >= 15 is 0 Å². The third kappa shape index (κ3) is 4.01. The summed E-state index contributed by atoms with van der Waals surface area (Å²) in [6, 6.07) is 8.94. The van der Waals surface area contributed by atoms with Gasteiger partial charge < -0.3 is 14.0 Å². The highest BCUT2D eigenvalue weighted by molar-refractivity contribution is 5.44. The van der Waals surface area contributed by atoms with Crippen LogP contribution in [-0.2, 0) is 13.1 Å². The molecule has 5 rings (SSSR count). The number of fused-ring (bicyclic) bond motifs is 1. The van der Waals surface area contributed by atoms with Gasteiger partial charge in [-0.2, -0.15) is 0 Å². The van der Waals surface area contributed by atoms with Crippen molar-refractivity contribution in [1.29, 1.82) is 0 Å². The molecule has 0 spiro atoms. The third-order valence-electron chi connectivity index (χ3n) is 6.12. The molecule has 0 bridgehead atoms. The summed E-state index contributed by atoms with van der Waals surface area (Å²) in [6.45, 7) is 9.04. The van der Waals surface area contributed by atoms with Crippen LogP contribution in [0.3, 0.4) is 0 Å². The monoisotopic (exact) mass is 384 g/mol. The Morgan fingerprint density at radius 3 is 2.68 bits per heavy atom. The van der Waals surface area contributed by atoms with E-state index in [1.807, 2.05) is 12.1 Å². The second-order valence-corrected chi connectivity index (χ2v) is 8.02. The Bertz CT molecular complexity index is 774. The van der Waals surface area contributed by atoms with E-state index in [2.05, 4.69) is 32.0 Å². The number of hydrogen-bond donors (Lipinski definition) is 0. The summed E-state index contributed by atoms with van der Waals surface area (Å²) >= 11 is 0. The van der Waals surface area contributed by atoms with Gasteiger partial charge in [0.2, 0.25) is 6.79 Å². The Labute approximate surface area is 165 Å². The van der Waals surface area contributed by atoms with E-state index in [0.29, 0.717) is 12.8 Å². The second-order valence-electron chi connectivity index (χ2n) is 8.02. The highest BCUT2D eigenvalue weighted by Crippen LogP contribution is 2.33. The molecule has 2 fully saturated rings. The van der Waals surface area contributed by atoms with Gasteiger partial charge in [-0.3, -0.25) is 14.7 Å². The number of piperidine rings is 1. The summed E-state index contributed by atoms with van der Waals surface area (Å²) in [5.41, 5.74) is 2.34. The maximum atomic E-state index is 5.51. The Morgan fingerprint density at radius 1 is 0.929 bits per heavy atom. The van der Waals surface area contributed by atoms with Crippen molar-refractivity contribution < 1.29 is 14.0 Å². The standard InChI is InChI=1S/C21H28N4O3/c1-2-19(15-24(6-1)14-18-5-11-28-22-18)25-9-7-23(8-10-25)13-17-3-4-20-21(12-17)27-16-26-20/h3-5,11-12,19H,1-2,6-10,13-16H2/t19-/m0/s1. The minimum absolute atomic E-state index is 0.340. The van der Waals surface area contributed by atoms with Crippen LogP contribution in [0, 0.1) is 0 Å². The van der Waals surface area contributed by atoms with Crippen LogP contribution in [0.4, 0.5) is 0 Å². The van der Waals surface area contributed by atoms with Gasteiger partial charge in [0, 0.05) is 57.9 Å². The van der Waals surface area contributed by atoms with Gasteiger partial charge in [-0.15, -0.1) is 0 Å². The molecule has 2 aromatic rings. The predicted molar refractivity (Wildman–Crippen MR) is 104 cm³/mol. The van der Waals surface area contributed by atoms with Crippen LogP contribution < -0.4 is 9.47 Å². The Kier molecular flexibility index (Phi) is 5.20. The van der Waals surface area contributed by atoms with Crippen LogP contribution in [0.1, 0.15) is 24.1 Å².